The zero-order valence-electron chi connectivity index (χ0n) is 10.4. The number of rotatable bonds is 3. The van der Waals surface area contributed by atoms with Gasteiger partial charge in [0.15, 0.2) is 11.6 Å². The van der Waals surface area contributed by atoms with E-state index >= 15 is 0 Å². The molecule has 0 bridgehead atoms. The normalized spacial score (nSPS) is 12.8. The summed E-state index contributed by atoms with van der Waals surface area (Å²) in [6, 6.07) is 13.3. The first kappa shape index (κ1) is 13.2. The first-order valence-corrected chi connectivity index (χ1v) is 6.91. The van der Waals surface area contributed by atoms with Crippen molar-refractivity contribution >= 4 is 21.4 Å². The summed E-state index contributed by atoms with van der Waals surface area (Å²) in [6.45, 7) is 0. The summed E-state index contributed by atoms with van der Waals surface area (Å²) in [5.41, 5.74) is 2.77. The van der Waals surface area contributed by atoms with E-state index in [-0.39, 0.29) is 5.56 Å². The minimum absolute atomic E-state index is 0.207. The summed E-state index contributed by atoms with van der Waals surface area (Å²) in [7, 11) is 0. The van der Waals surface area contributed by atoms with Gasteiger partial charge in [-0.3, -0.25) is 5.84 Å². The Morgan fingerprint density at radius 3 is 2.60 bits per heavy atom. The third kappa shape index (κ3) is 2.20. The second-order valence-corrected chi connectivity index (χ2v) is 5.54. The van der Waals surface area contributed by atoms with Crippen LogP contribution in [0.2, 0.25) is 0 Å². The summed E-state index contributed by atoms with van der Waals surface area (Å²) in [5.74, 6) is 3.81. The molecule has 2 aromatic carbocycles. The molecular formula is C15H12F2N2S. The number of nitrogens with one attached hydrogen (secondary N) is 1. The number of hydrogen-bond donors (Lipinski definition) is 2. The highest BCUT2D eigenvalue weighted by molar-refractivity contribution is 7.19. The number of fused-ring (bicyclic) bond motifs is 1. The zero-order chi connectivity index (χ0) is 14.1. The highest BCUT2D eigenvalue weighted by Gasteiger charge is 2.20. The van der Waals surface area contributed by atoms with Gasteiger partial charge in [-0.2, -0.15) is 0 Å². The SMILES string of the molecule is NNC(c1cc2ccccc2s1)c1cccc(F)c1F. The van der Waals surface area contributed by atoms with E-state index in [2.05, 4.69) is 5.43 Å². The molecule has 3 N–H and O–H groups in total. The molecule has 0 aliphatic heterocycles. The van der Waals surface area contributed by atoms with Crippen LogP contribution in [0.25, 0.3) is 10.1 Å². The molecule has 2 nitrogen and oxygen atoms in total. The van der Waals surface area contributed by atoms with E-state index in [1.807, 2.05) is 30.3 Å². The molecule has 0 saturated heterocycles. The van der Waals surface area contributed by atoms with Crippen molar-refractivity contribution in [3.63, 3.8) is 0 Å². The second-order valence-electron chi connectivity index (χ2n) is 4.43. The molecule has 1 heterocycles. The lowest BCUT2D eigenvalue weighted by atomic mass is 10.0. The van der Waals surface area contributed by atoms with Crippen molar-refractivity contribution in [3.05, 3.63) is 70.6 Å². The van der Waals surface area contributed by atoms with E-state index in [4.69, 9.17) is 5.84 Å². The van der Waals surface area contributed by atoms with E-state index < -0.39 is 17.7 Å². The van der Waals surface area contributed by atoms with Crippen LogP contribution >= 0.6 is 11.3 Å². The molecular weight excluding hydrogens is 278 g/mol. The van der Waals surface area contributed by atoms with Gasteiger partial charge in [-0.1, -0.05) is 30.3 Å². The minimum Gasteiger partial charge on any atom is -0.271 e. The largest absolute Gasteiger partial charge is 0.271 e. The summed E-state index contributed by atoms with van der Waals surface area (Å²) in [6.07, 6.45) is 0. The smallest absolute Gasteiger partial charge is 0.164 e. The number of hydrogen-bond acceptors (Lipinski definition) is 3. The maximum atomic E-state index is 13.9. The van der Waals surface area contributed by atoms with Crippen LogP contribution < -0.4 is 11.3 Å². The highest BCUT2D eigenvalue weighted by atomic mass is 32.1. The van der Waals surface area contributed by atoms with E-state index in [0.717, 1.165) is 21.0 Å². The van der Waals surface area contributed by atoms with Crippen molar-refractivity contribution < 1.29 is 8.78 Å². The Hall–Kier alpha value is -1.82. The Kier molecular flexibility index (Phi) is 3.48. The molecule has 20 heavy (non-hydrogen) atoms. The monoisotopic (exact) mass is 290 g/mol. The molecule has 0 radical (unpaired) electrons. The summed E-state index contributed by atoms with van der Waals surface area (Å²) in [4.78, 5) is 0.846. The van der Waals surface area contributed by atoms with Crippen molar-refractivity contribution in [2.75, 3.05) is 0 Å². The zero-order valence-corrected chi connectivity index (χ0v) is 11.3. The van der Waals surface area contributed by atoms with Crippen LogP contribution in [-0.4, -0.2) is 0 Å². The van der Waals surface area contributed by atoms with Crippen LogP contribution in [0, 0.1) is 11.6 Å². The van der Waals surface area contributed by atoms with Crippen LogP contribution in [0.1, 0.15) is 16.5 Å². The fourth-order valence-electron chi connectivity index (χ4n) is 2.21. The van der Waals surface area contributed by atoms with Crippen LogP contribution in [0.3, 0.4) is 0 Å². The molecule has 0 saturated carbocycles. The second kappa shape index (κ2) is 5.28. The molecule has 3 rings (SSSR count). The average Bonchev–Trinajstić information content (AvgIpc) is 2.87. The van der Waals surface area contributed by atoms with Gasteiger partial charge >= 0.3 is 0 Å². The molecule has 5 heteroatoms. The average molecular weight is 290 g/mol. The van der Waals surface area contributed by atoms with Crippen LogP contribution in [0.5, 0.6) is 0 Å². The first-order chi connectivity index (χ1) is 9.70. The lowest BCUT2D eigenvalue weighted by Gasteiger charge is -2.15. The summed E-state index contributed by atoms with van der Waals surface area (Å²) in [5, 5.41) is 1.06. The van der Waals surface area contributed by atoms with Crippen molar-refractivity contribution in [2.24, 2.45) is 5.84 Å². The molecule has 1 unspecified atom stereocenters. The maximum Gasteiger partial charge on any atom is 0.164 e. The third-order valence-electron chi connectivity index (χ3n) is 3.19. The molecule has 1 atom stereocenters. The Morgan fingerprint density at radius 1 is 1.05 bits per heavy atom. The van der Waals surface area contributed by atoms with Gasteiger partial charge in [0.1, 0.15) is 0 Å². The molecule has 1 aromatic heterocycles. The topological polar surface area (TPSA) is 38.0 Å². The molecule has 0 amide bonds. The van der Waals surface area contributed by atoms with Crippen molar-refractivity contribution in [1.29, 1.82) is 0 Å². The molecule has 0 aliphatic carbocycles. The third-order valence-corrected chi connectivity index (χ3v) is 4.37. The van der Waals surface area contributed by atoms with Gasteiger partial charge in [0.2, 0.25) is 0 Å². The van der Waals surface area contributed by atoms with Crippen LogP contribution in [0.15, 0.2) is 48.5 Å². The van der Waals surface area contributed by atoms with Gasteiger partial charge in [-0.05, 0) is 23.6 Å². The number of nitrogens with two attached hydrogens (primary N) is 1. The number of hydrazine groups is 1. The molecule has 0 aliphatic rings. The van der Waals surface area contributed by atoms with E-state index in [9.17, 15) is 8.78 Å². The highest BCUT2D eigenvalue weighted by Crippen LogP contribution is 2.33. The predicted molar refractivity (Wildman–Crippen MR) is 77.3 cm³/mol. The fraction of sp³-hybridized carbons (Fsp3) is 0.0667. The molecule has 0 spiro atoms. The van der Waals surface area contributed by atoms with E-state index in [1.54, 1.807) is 0 Å². The van der Waals surface area contributed by atoms with Gasteiger partial charge in [0.05, 0.1) is 6.04 Å². The minimum atomic E-state index is -0.871. The van der Waals surface area contributed by atoms with Gasteiger partial charge in [0.25, 0.3) is 0 Å². The van der Waals surface area contributed by atoms with Gasteiger partial charge in [-0.15, -0.1) is 11.3 Å². The molecule has 0 fully saturated rings. The molecule has 102 valence electrons. The Bertz CT molecular complexity index is 721. The predicted octanol–water partition coefficient (Wildman–Crippen LogP) is 3.73. The number of halogens is 2. The maximum absolute atomic E-state index is 13.9. The number of thiophene rings is 1. The van der Waals surface area contributed by atoms with Crippen molar-refractivity contribution in [2.45, 2.75) is 6.04 Å². The number of benzene rings is 2. The molecule has 3 aromatic rings. The fourth-order valence-corrected chi connectivity index (χ4v) is 3.36. The van der Waals surface area contributed by atoms with E-state index in [1.165, 1.54) is 23.5 Å². The lowest BCUT2D eigenvalue weighted by molar-refractivity contribution is 0.484. The van der Waals surface area contributed by atoms with Crippen LogP contribution in [-0.2, 0) is 0 Å². The van der Waals surface area contributed by atoms with Gasteiger partial charge in [0, 0.05) is 15.1 Å². The summed E-state index contributed by atoms with van der Waals surface area (Å²) < 4.78 is 28.4. The van der Waals surface area contributed by atoms with Gasteiger partial charge < -0.3 is 0 Å². The van der Waals surface area contributed by atoms with E-state index in [0.29, 0.717) is 0 Å². The van der Waals surface area contributed by atoms with Crippen molar-refractivity contribution in [1.82, 2.24) is 5.43 Å². The quantitative estimate of drug-likeness (QED) is 0.570. The van der Waals surface area contributed by atoms with Crippen LogP contribution in [0.4, 0.5) is 8.78 Å². The van der Waals surface area contributed by atoms with Crippen molar-refractivity contribution in [3.8, 4) is 0 Å². The standard InChI is InChI=1S/C15H12F2N2S/c16-11-6-3-5-10(14(11)17)15(19-18)13-8-9-4-1-2-7-12(9)20-13/h1-8,15,19H,18H2. The Morgan fingerprint density at radius 2 is 1.85 bits per heavy atom. The first-order valence-electron chi connectivity index (χ1n) is 6.09. The summed E-state index contributed by atoms with van der Waals surface area (Å²) >= 11 is 1.51. The van der Waals surface area contributed by atoms with Gasteiger partial charge in [-0.25, -0.2) is 14.2 Å². The lowest BCUT2D eigenvalue weighted by Crippen LogP contribution is -2.29. The Balaban J connectivity index is 2.11. The Labute approximate surface area is 118 Å².